The third-order valence-corrected chi connectivity index (χ3v) is 3.32. The Bertz CT molecular complexity index is 637. The maximum Gasteiger partial charge on any atom is 0.218 e. The van der Waals surface area contributed by atoms with Gasteiger partial charge in [0, 0.05) is 38.6 Å². The minimum Gasteiger partial charge on any atom is -0.477 e. The first kappa shape index (κ1) is 16.8. The minimum absolute atomic E-state index is 0.595. The number of hydrogen-bond acceptors (Lipinski definition) is 4. The number of aliphatic imine (C=N–C) groups is 1. The SMILES string of the molecule is CCCOc1ncccc1CNC(=NC)NCc1ccnn1C. The van der Waals surface area contributed by atoms with Crippen molar-refractivity contribution in [1.82, 2.24) is 25.4 Å². The monoisotopic (exact) mass is 316 g/mol. The molecule has 7 heteroatoms. The molecule has 0 amide bonds. The van der Waals surface area contributed by atoms with Crippen LogP contribution in [0.15, 0.2) is 35.6 Å². The fourth-order valence-corrected chi connectivity index (χ4v) is 2.04. The summed E-state index contributed by atoms with van der Waals surface area (Å²) in [6.07, 6.45) is 4.47. The van der Waals surface area contributed by atoms with Gasteiger partial charge in [0.2, 0.25) is 5.88 Å². The Balaban J connectivity index is 1.89. The van der Waals surface area contributed by atoms with E-state index in [9.17, 15) is 0 Å². The van der Waals surface area contributed by atoms with Crippen molar-refractivity contribution >= 4 is 5.96 Å². The maximum absolute atomic E-state index is 5.66. The highest BCUT2D eigenvalue weighted by molar-refractivity contribution is 5.79. The quantitative estimate of drug-likeness (QED) is 0.597. The van der Waals surface area contributed by atoms with Gasteiger partial charge in [0.25, 0.3) is 0 Å². The third-order valence-electron chi connectivity index (χ3n) is 3.32. The van der Waals surface area contributed by atoms with Gasteiger partial charge in [-0.2, -0.15) is 5.10 Å². The topological polar surface area (TPSA) is 76.4 Å². The fraction of sp³-hybridized carbons (Fsp3) is 0.438. The van der Waals surface area contributed by atoms with Crippen molar-refractivity contribution in [2.45, 2.75) is 26.4 Å². The number of hydrogen-bond donors (Lipinski definition) is 2. The highest BCUT2D eigenvalue weighted by Gasteiger charge is 2.06. The predicted molar refractivity (Wildman–Crippen MR) is 90.3 cm³/mol. The molecule has 0 aliphatic rings. The zero-order valence-corrected chi connectivity index (χ0v) is 13.9. The number of aryl methyl sites for hydroxylation is 1. The molecule has 0 aliphatic heterocycles. The number of rotatable bonds is 7. The molecule has 0 fully saturated rings. The van der Waals surface area contributed by atoms with E-state index in [1.807, 2.05) is 29.9 Å². The molecule has 7 nitrogen and oxygen atoms in total. The summed E-state index contributed by atoms with van der Waals surface area (Å²) in [5, 5.41) is 10.7. The number of ether oxygens (including phenoxy) is 1. The Morgan fingerprint density at radius 1 is 1.26 bits per heavy atom. The van der Waals surface area contributed by atoms with E-state index in [-0.39, 0.29) is 0 Å². The molecule has 0 aliphatic carbocycles. The molecule has 23 heavy (non-hydrogen) atoms. The largest absolute Gasteiger partial charge is 0.477 e. The standard InChI is InChI=1S/C16H24N6O/c1-4-10-23-15-13(6-5-8-18-15)11-19-16(17-2)20-12-14-7-9-21-22(14)3/h5-9H,4,10-12H2,1-3H3,(H2,17,19,20). The molecule has 0 spiro atoms. The Kier molecular flexibility index (Phi) is 6.40. The highest BCUT2D eigenvalue weighted by Crippen LogP contribution is 2.14. The predicted octanol–water partition coefficient (Wildman–Crippen LogP) is 1.47. The molecule has 2 N–H and O–H groups in total. The van der Waals surface area contributed by atoms with Crippen LogP contribution in [0.5, 0.6) is 5.88 Å². The summed E-state index contributed by atoms with van der Waals surface area (Å²) in [7, 11) is 3.66. The van der Waals surface area contributed by atoms with Crippen LogP contribution in [0.3, 0.4) is 0 Å². The van der Waals surface area contributed by atoms with Crippen LogP contribution < -0.4 is 15.4 Å². The van der Waals surface area contributed by atoms with Crippen molar-refractivity contribution in [2.75, 3.05) is 13.7 Å². The summed E-state index contributed by atoms with van der Waals surface area (Å²) in [6, 6.07) is 5.87. The summed E-state index contributed by atoms with van der Waals surface area (Å²) >= 11 is 0. The van der Waals surface area contributed by atoms with Crippen LogP contribution in [-0.2, 0) is 20.1 Å². The van der Waals surface area contributed by atoms with E-state index in [0.29, 0.717) is 25.6 Å². The van der Waals surface area contributed by atoms with E-state index in [0.717, 1.165) is 23.6 Å². The molecule has 2 aromatic heterocycles. The summed E-state index contributed by atoms with van der Waals surface area (Å²) in [4.78, 5) is 8.51. The molecule has 2 rings (SSSR count). The average molecular weight is 316 g/mol. The first-order valence-electron chi connectivity index (χ1n) is 7.72. The second-order valence-corrected chi connectivity index (χ2v) is 5.04. The van der Waals surface area contributed by atoms with E-state index >= 15 is 0 Å². The van der Waals surface area contributed by atoms with Crippen molar-refractivity contribution in [3.8, 4) is 5.88 Å². The second kappa shape index (κ2) is 8.77. The maximum atomic E-state index is 5.66. The molecule has 2 heterocycles. The Morgan fingerprint density at radius 2 is 2.09 bits per heavy atom. The van der Waals surface area contributed by atoms with Gasteiger partial charge in [-0.05, 0) is 18.6 Å². The second-order valence-electron chi connectivity index (χ2n) is 5.04. The Hall–Kier alpha value is -2.57. The van der Waals surface area contributed by atoms with Crippen LogP contribution in [0.2, 0.25) is 0 Å². The van der Waals surface area contributed by atoms with Crippen molar-refractivity contribution in [2.24, 2.45) is 12.0 Å². The lowest BCUT2D eigenvalue weighted by molar-refractivity contribution is 0.301. The normalized spacial score (nSPS) is 11.3. The van der Waals surface area contributed by atoms with Crippen molar-refractivity contribution < 1.29 is 4.74 Å². The number of guanidine groups is 1. The van der Waals surface area contributed by atoms with Crippen LogP contribution in [0.25, 0.3) is 0 Å². The van der Waals surface area contributed by atoms with Crippen molar-refractivity contribution in [3.63, 3.8) is 0 Å². The van der Waals surface area contributed by atoms with Gasteiger partial charge in [0.1, 0.15) is 0 Å². The molecular formula is C16H24N6O. The molecule has 2 aromatic rings. The van der Waals surface area contributed by atoms with Gasteiger partial charge in [0.15, 0.2) is 5.96 Å². The summed E-state index contributed by atoms with van der Waals surface area (Å²) in [6.45, 7) is 3.99. The van der Waals surface area contributed by atoms with E-state index in [4.69, 9.17) is 4.74 Å². The van der Waals surface area contributed by atoms with Gasteiger partial charge < -0.3 is 15.4 Å². The Labute approximate surface area is 136 Å². The van der Waals surface area contributed by atoms with Crippen molar-refractivity contribution in [1.29, 1.82) is 0 Å². The fourth-order valence-electron chi connectivity index (χ4n) is 2.04. The van der Waals surface area contributed by atoms with Crippen molar-refractivity contribution in [3.05, 3.63) is 41.9 Å². The zero-order valence-electron chi connectivity index (χ0n) is 13.9. The van der Waals surface area contributed by atoms with Gasteiger partial charge in [-0.3, -0.25) is 9.67 Å². The number of aromatic nitrogens is 3. The Morgan fingerprint density at radius 3 is 2.78 bits per heavy atom. The summed E-state index contributed by atoms with van der Waals surface area (Å²) < 4.78 is 7.50. The van der Waals surface area contributed by atoms with E-state index < -0.39 is 0 Å². The number of nitrogens with one attached hydrogen (secondary N) is 2. The lowest BCUT2D eigenvalue weighted by atomic mass is 10.2. The smallest absolute Gasteiger partial charge is 0.218 e. The van der Waals surface area contributed by atoms with Gasteiger partial charge in [-0.15, -0.1) is 0 Å². The molecule has 0 unspecified atom stereocenters. The van der Waals surface area contributed by atoms with Crippen LogP contribution in [-0.4, -0.2) is 34.4 Å². The summed E-state index contributed by atoms with van der Waals surface area (Å²) in [5.74, 6) is 1.39. The van der Waals surface area contributed by atoms with Crippen LogP contribution in [0.4, 0.5) is 0 Å². The van der Waals surface area contributed by atoms with Gasteiger partial charge >= 0.3 is 0 Å². The molecule has 0 bridgehead atoms. The van der Waals surface area contributed by atoms with Crippen LogP contribution in [0, 0.1) is 0 Å². The average Bonchev–Trinajstić information content (AvgIpc) is 2.99. The molecular weight excluding hydrogens is 292 g/mol. The van der Waals surface area contributed by atoms with Gasteiger partial charge in [-0.1, -0.05) is 13.0 Å². The zero-order chi connectivity index (χ0) is 16.5. The van der Waals surface area contributed by atoms with E-state index in [1.165, 1.54) is 0 Å². The lowest BCUT2D eigenvalue weighted by Gasteiger charge is -2.14. The third kappa shape index (κ3) is 4.98. The lowest BCUT2D eigenvalue weighted by Crippen LogP contribution is -2.36. The molecule has 0 radical (unpaired) electrons. The molecule has 0 atom stereocenters. The number of pyridine rings is 1. The molecule has 0 aromatic carbocycles. The van der Waals surface area contributed by atoms with Crippen LogP contribution in [0.1, 0.15) is 24.6 Å². The highest BCUT2D eigenvalue weighted by atomic mass is 16.5. The molecule has 0 saturated heterocycles. The van der Waals surface area contributed by atoms with Crippen LogP contribution >= 0.6 is 0 Å². The minimum atomic E-state index is 0.595. The van der Waals surface area contributed by atoms with Gasteiger partial charge in [0.05, 0.1) is 18.8 Å². The first-order valence-corrected chi connectivity index (χ1v) is 7.72. The first-order chi connectivity index (χ1) is 11.2. The van der Waals surface area contributed by atoms with E-state index in [1.54, 1.807) is 19.4 Å². The molecule has 0 saturated carbocycles. The van der Waals surface area contributed by atoms with Gasteiger partial charge in [-0.25, -0.2) is 4.98 Å². The molecule has 124 valence electrons. The van der Waals surface area contributed by atoms with E-state index in [2.05, 4.69) is 32.6 Å². The number of nitrogens with zero attached hydrogens (tertiary/aromatic N) is 4. The summed E-state index contributed by atoms with van der Waals surface area (Å²) in [5.41, 5.74) is 2.09.